The Morgan fingerprint density at radius 3 is 2.48 bits per heavy atom. The van der Waals surface area contributed by atoms with Crippen molar-refractivity contribution in [3.05, 3.63) is 29.8 Å². The van der Waals surface area contributed by atoms with Crippen LogP contribution in [0.25, 0.3) is 0 Å². The molecule has 0 aliphatic heterocycles. The zero-order chi connectivity index (χ0) is 15.1. The van der Waals surface area contributed by atoms with Gasteiger partial charge in [0.25, 0.3) is 0 Å². The van der Waals surface area contributed by atoms with Gasteiger partial charge >= 0.3 is 0 Å². The minimum absolute atomic E-state index is 0.0190. The predicted molar refractivity (Wildman–Crippen MR) is 67.8 cm³/mol. The third-order valence-corrected chi connectivity index (χ3v) is 4.68. The lowest BCUT2D eigenvalue weighted by Gasteiger charge is -2.30. The summed E-state index contributed by atoms with van der Waals surface area (Å²) in [6, 6.07) is 2.75. The lowest BCUT2D eigenvalue weighted by Crippen LogP contribution is -2.44. The standard InChI is InChI=1S/C15H15F2NO3/c16-9-3-4-10(17)11(6-9)18-14(19)12-7-1-2-8(5-7)13(12)15(20)21/h3-4,6-8,12-13H,1-2,5H2,(H,18,19)(H,20,21)/p-1/t7-,8-,12+,13-/m0/s1. The van der Waals surface area contributed by atoms with Crippen LogP contribution < -0.4 is 10.4 Å². The van der Waals surface area contributed by atoms with Gasteiger partial charge in [-0.25, -0.2) is 8.78 Å². The number of halogens is 2. The molecule has 21 heavy (non-hydrogen) atoms. The van der Waals surface area contributed by atoms with E-state index in [0.717, 1.165) is 31.0 Å². The molecule has 1 amide bonds. The topological polar surface area (TPSA) is 69.2 Å². The molecule has 2 aliphatic carbocycles. The Hall–Kier alpha value is -1.98. The fourth-order valence-electron chi connectivity index (χ4n) is 3.82. The summed E-state index contributed by atoms with van der Waals surface area (Å²) in [7, 11) is 0. The van der Waals surface area contributed by atoms with Crippen molar-refractivity contribution in [2.24, 2.45) is 23.7 Å². The number of amides is 1. The first kappa shape index (κ1) is 14.0. The van der Waals surface area contributed by atoms with Crippen molar-refractivity contribution in [1.29, 1.82) is 0 Å². The van der Waals surface area contributed by atoms with Crippen LogP contribution in [0.4, 0.5) is 14.5 Å². The van der Waals surface area contributed by atoms with E-state index in [4.69, 9.17) is 0 Å². The molecule has 0 spiro atoms. The van der Waals surface area contributed by atoms with E-state index >= 15 is 0 Å². The summed E-state index contributed by atoms with van der Waals surface area (Å²) >= 11 is 0. The van der Waals surface area contributed by atoms with Gasteiger partial charge in [-0.3, -0.25) is 4.79 Å². The van der Waals surface area contributed by atoms with E-state index in [1.807, 2.05) is 0 Å². The minimum Gasteiger partial charge on any atom is -0.550 e. The van der Waals surface area contributed by atoms with Crippen LogP contribution in [0.1, 0.15) is 19.3 Å². The summed E-state index contributed by atoms with van der Waals surface area (Å²) in [6.07, 6.45) is 2.25. The SMILES string of the molecule is O=C(Nc1cc(F)ccc1F)[C@@H]1[C@H]2CC[C@@H](C2)[C@@H]1C(=O)[O-]. The molecule has 0 heterocycles. The first-order valence-corrected chi connectivity index (χ1v) is 6.94. The van der Waals surface area contributed by atoms with Crippen LogP contribution in [0.5, 0.6) is 0 Å². The second-order valence-electron chi connectivity index (χ2n) is 5.82. The number of benzene rings is 1. The number of carbonyl (C=O) groups excluding carboxylic acids is 2. The molecule has 4 nitrogen and oxygen atoms in total. The molecular formula is C15H14F2NO3-. The number of hydrogen-bond acceptors (Lipinski definition) is 3. The van der Waals surface area contributed by atoms with Crippen LogP contribution in [0.2, 0.25) is 0 Å². The van der Waals surface area contributed by atoms with E-state index in [1.165, 1.54) is 0 Å². The van der Waals surface area contributed by atoms with Gasteiger partial charge in [0.05, 0.1) is 5.69 Å². The van der Waals surface area contributed by atoms with Crippen molar-refractivity contribution < 1.29 is 23.5 Å². The van der Waals surface area contributed by atoms with E-state index in [1.54, 1.807) is 0 Å². The van der Waals surface area contributed by atoms with E-state index in [2.05, 4.69) is 5.32 Å². The molecule has 0 radical (unpaired) electrons. The van der Waals surface area contributed by atoms with E-state index < -0.39 is 35.3 Å². The van der Waals surface area contributed by atoms with Crippen LogP contribution in [-0.4, -0.2) is 11.9 Å². The quantitative estimate of drug-likeness (QED) is 0.914. The highest BCUT2D eigenvalue weighted by atomic mass is 19.1. The molecule has 4 atom stereocenters. The van der Waals surface area contributed by atoms with Crippen LogP contribution in [0.15, 0.2) is 18.2 Å². The lowest BCUT2D eigenvalue weighted by atomic mass is 9.78. The van der Waals surface area contributed by atoms with Gasteiger partial charge in [-0.1, -0.05) is 0 Å². The summed E-state index contributed by atoms with van der Waals surface area (Å²) in [5.74, 6) is -4.85. The number of nitrogens with one attached hydrogen (secondary N) is 1. The summed E-state index contributed by atoms with van der Waals surface area (Å²) < 4.78 is 26.7. The van der Waals surface area contributed by atoms with Crippen LogP contribution in [0.3, 0.4) is 0 Å². The number of carboxylic acids is 1. The average molecular weight is 294 g/mol. The largest absolute Gasteiger partial charge is 0.550 e. The summed E-state index contributed by atoms with van der Waals surface area (Å²) in [5, 5.41) is 13.6. The van der Waals surface area contributed by atoms with Crippen molar-refractivity contribution in [2.45, 2.75) is 19.3 Å². The minimum atomic E-state index is -1.23. The molecule has 2 bridgehead atoms. The molecule has 0 unspecified atom stereocenters. The molecule has 1 N–H and O–H groups in total. The highest BCUT2D eigenvalue weighted by Crippen LogP contribution is 2.52. The monoisotopic (exact) mass is 294 g/mol. The van der Waals surface area contributed by atoms with E-state index in [9.17, 15) is 23.5 Å². The molecule has 3 rings (SSSR count). The fraction of sp³-hybridized carbons (Fsp3) is 0.467. The number of fused-ring (bicyclic) bond motifs is 2. The van der Waals surface area contributed by atoms with Gasteiger partial charge in [-0.15, -0.1) is 0 Å². The number of aliphatic carboxylic acids is 1. The zero-order valence-electron chi connectivity index (χ0n) is 11.1. The van der Waals surface area contributed by atoms with Gasteiger partial charge in [-0.05, 0) is 43.2 Å². The number of rotatable bonds is 3. The number of carboxylic acid groups (broad SMARTS) is 1. The Bertz CT molecular complexity index is 605. The maximum atomic E-state index is 13.6. The molecule has 1 aromatic carbocycles. The normalized spacial score (nSPS) is 30.4. The number of hydrogen-bond donors (Lipinski definition) is 1. The molecular weight excluding hydrogens is 280 g/mol. The smallest absolute Gasteiger partial charge is 0.228 e. The fourth-order valence-corrected chi connectivity index (χ4v) is 3.82. The predicted octanol–water partition coefficient (Wildman–Crippen LogP) is 1.32. The van der Waals surface area contributed by atoms with Gasteiger partial charge in [0.2, 0.25) is 5.91 Å². The summed E-state index contributed by atoms with van der Waals surface area (Å²) in [5.41, 5.74) is -0.264. The van der Waals surface area contributed by atoms with E-state index in [-0.39, 0.29) is 17.5 Å². The third kappa shape index (κ3) is 2.39. The molecule has 2 fully saturated rings. The molecule has 2 aliphatic rings. The van der Waals surface area contributed by atoms with Crippen molar-refractivity contribution in [3.8, 4) is 0 Å². The summed E-state index contributed by atoms with van der Waals surface area (Å²) in [4.78, 5) is 23.5. The van der Waals surface area contributed by atoms with E-state index in [0.29, 0.717) is 6.42 Å². The second kappa shape index (κ2) is 5.09. The first-order valence-electron chi connectivity index (χ1n) is 6.94. The first-order chi connectivity index (χ1) is 9.97. The van der Waals surface area contributed by atoms with Crippen molar-refractivity contribution in [2.75, 3.05) is 5.32 Å². The lowest BCUT2D eigenvalue weighted by molar-refractivity contribution is -0.314. The Kier molecular flexibility index (Phi) is 3.39. The Labute approximate surface area is 120 Å². The van der Waals surface area contributed by atoms with Gasteiger partial charge < -0.3 is 15.2 Å². The molecule has 0 saturated heterocycles. The Morgan fingerprint density at radius 2 is 1.81 bits per heavy atom. The van der Waals surface area contributed by atoms with Crippen molar-refractivity contribution >= 4 is 17.6 Å². The molecule has 1 aromatic rings. The van der Waals surface area contributed by atoms with Crippen LogP contribution in [-0.2, 0) is 9.59 Å². The highest BCUT2D eigenvalue weighted by Gasteiger charge is 2.51. The second-order valence-corrected chi connectivity index (χ2v) is 5.82. The highest BCUT2D eigenvalue weighted by molar-refractivity contribution is 5.95. The van der Waals surface area contributed by atoms with Gasteiger partial charge in [0.1, 0.15) is 11.6 Å². The third-order valence-electron chi connectivity index (χ3n) is 4.68. The maximum absolute atomic E-state index is 13.6. The number of anilines is 1. The Morgan fingerprint density at radius 1 is 1.14 bits per heavy atom. The average Bonchev–Trinajstić information content (AvgIpc) is 3.03. The molecule has 2 saturated carbocycles. The van der Waals surface area contributed by atoms with Gasteiger partial charge in [0, 0.05) is 23.9 Å². The van der Waals surface area contributed by atoms with Gasteiger partial charge in [0.15, 0.2) is 0 Å². The molecule has 6 heteroatoms. The van der Waals surface area contributed by atoms with Gasteiger partial charge in [-0.2, -0.15) is 0 Å². The molecule has 112 valence electrons. The zero-order valence-corrected chi connectivity index (χ0v) is 11.1. The maximum Gasteiger partial charge on any atom is 0.228 e. The number of carbonyl (C=O) groups is 2. The van der Waals surface area contributed by atoms with Crippen molar-refractivity contribution in [3.63, 3.8) is 0 Å². The Balaban J connectivity index is 1.81. The van der Waals surface area contributed by atoms with Crippen LogP contribution >= 0.6 is 0 Å². The van der Waals surface area contributed by atoms with Crippen molar-refractivity contribution in [1.82, 2.24) is 0 Å². The molecule has 0 aromatic heterocycles. The summed E-state index contributed by atoms with van der Waals surface area (Å²) in [6.45, 7) is 0. The van der Waals surface area contributed by atoms with Crippen LogP contribution in [0, 0.1) is 35.3 Å².